The van der Waals surface area contributed by atoms with Gasteiger partial charge in [0, 0.05) is 13.2 Å². The highest BCUT2D eigenvalue weighted by atomic mass is 16.5. The molecular formula is C16H30O2. The zero-order chi connectivity index (χ0) is 13.2. The van der Waals surface area contributed by atoms with E-state index in [2.05, 4.69) is 20.8 Å². The molecule has 2 aliphatic rings. The first-order valence-corrected chi connectivity index (χ1v) is 7.68. The van der Waals surface area contributed by atoms with Crippen LogP contribution < -0.4 is 0 Å². The van der Waals surface area contributed by atoms with Crippen LogP contribution in [0.15, 0.2) is 0 Å². The molecule has 2 rings (SSSR count). The molecule has 0 spiro atoms. The molecule has 2 nitrogen and oxygen atoms in total. The molecule has 18 heavy (non-hydrogen) atoms. The van der Waals surface area contributed by atoms with E-state index in [-0.39, 0.29) is 5.41 Å². The van der Waals surface area contributed by atoms with Gasteiger partial charge >= 0.3 is 0 Å². The molecule has 1 saturated carbocycles. The standard InChI is InChI=1S/C16H30O2/c1-15(2,3)13-6-8-16(12-17,9-7-13)11-14-5-4-10-18-14/h13-14,17H,4-12H2,1-3H3. The Morgan fingerprint density at radius 3 is 2.28 bits per heavy atom. The minimum atomic E-state index is 0.163. The molecule has 1 heterocycles. The zero-order valence-corrected chi connectivity index (χ0v) is 12.4. The average molecular weight is 254 g/mol. The summed E-state index contributed by atoms with van der Waals surface area (Å²) in [6.45, 7) is 8.33. The summed E-state index contributed by atoms with van der Waals surface area (Å²) in [5.74, 6) is 0.821. The van der Waals surface area contributed by atoms with Crippen LogP contribution in [0.5, 0.6) is 0 Å². The van der Waals surface area contributed by atoms with Crippen molar-refractivity contribution in [3.05, 3.63) is 0 Å². The first-order chi connectivity index (χ1) is 8.45. The van der Waals surface area contributed by atoms with E-state index in [1.807, 2.05) is 0 Å². The third-order valence-electron chi connectivity index (χ3n) is 5.29. The quantitative estimate of drug-likeness (QED) is 0.830. The summed E-state index contributed by atoms with van der Waals surface area (Å²) in [6.07, 6.45) is 8.83. The summed E-state index contributed by atoms with van der Waals surface area (Å²) < 4.78 is 5.77. The van der Waals surface area contributed by atoms with Crippen LogP contribution in [0.4, 0.5) is 0 Å². The molecule has 0 aromatic rings. The van der Waals surface area contributed by atoms with E-state index >= 15 is 0 Å². The van der Waals surface area contributed by atoms with Gasteiger partial charge < -0.3 is 9.84 Å². The van der Waals surface area contributed by atoms with Gasteiger partial charge in [0.25, 0.3) is 0 Å². The van der Waals surface area contributed by atoms with Crippen molar-refractivity contribution >= 4 is 0 Å². The maximum Gasteiger partial charge on any atom is 0.0582 e. The average Bonchev–Trinajstić information content (AvgIpc) is 2.81. The molecule has 2 heteroatoms. The maximum atomic E-state index is 9.84. The van der Waals surface area contributed by atoms with Crippen LogP contribution in [0.1, 0.15) is 65.7 Å². The molecule has 0 radical (unpaired) electrons. The summed E-state index contributed by atoms with van der Waals surface area (Å²) in [7, 11) is 0. The number of hydrogen-bond donors (Lipinski definition) is 1. The van der Waals surface area contributed by atoms with E-state index in [9.17, 15) is 5.11 Å². The van der Waals surface area contributed by atoms with Gasteiger partial charge in [-0.3, -0.25) is 0 Å². The van der Waals surface area contributed by atoms with Crippen LogP contribution in [-0.4, -0.2) is 24.4 Å². The van der Waals surface area contributed by atoms with Crippen molar-refractivity contribution in [3.8, 4) is 0 Å². The largest absolute Gasteiger partial charge is 0.396 e. The molecule has 0 aromatic carbocycles. The van der Waals surface area contributed by atoms with Crippen molar-refractivity contribution in [3.63, 3.8) is 0 Å². The summed E-state index contributed by atoms with van der Waals surface area (Å²) >= 11 is 0. The fourth-order valence-electron chi connectivity index (χ4n) is 3.81. The molecule has 0 aromatic heterocycles. The lowest BCUT2D eigenvalue weighted by Gasteiger charge is -2.44. The van der Waals surface area contributed by atoms with Gasteiger partial charge in [0.2, 0.25) is 0 Å². The van der Waals surface area contributed by atoms with E-state index in [1.54, 1.807) is 0 Å². The SMILES string of the molecule is CC(C)(C)C1CCC(CO)(CC2CCCO2)CC1. The minimum Gasteiger partial charge on any atom is -0.396 e. The van der Waals surface area contributed by atoms with E-state index < -0.39 is 0 Å². The summed E-state index contributed by atoms with van der Waals surface area (Å²) in [6, 6.07) is 0. The number of hydrogen-bond acceptors (Lipinski definition) is 2. The van der Waals surface area contributed by atoms with Crippen molar-refractivity contribution in [1.29, 1.82) is 0 Å². The van der Waals surface area contributed by atoms with Gasteiger partial charge in [-0.05, 0) is 61.7 Å². The Kier molecular flexibility index (Phi) is 4.38. The highest BCUT2D eigenvalue weighted by molar-refractivity contribution is 4.91. The van der Waals surface area contributed by atoms with Gasteiger partial charge in [0.15, 0.2) is 0 Å². The van der Waals surface area contributed by atoms with Crippen molar-refractivity contribution in [2.75, 3.05) is 13.2 Å². The van der Waals surface area contributed by atoms with Crippen LogP contribution in [-0.2, 0) is 4.74 Å². The summed E-state index contributed by atoms with van der Waals surface area (Å²) in [5, 5.41) is 9.84. The first kappa shape index (κ1) is 14.3. The molecule has 106 valence electrons. The fraction of sp³-hybridized carbons (Fsp3) is 1.00. The molecular weight excluding hydrogens is 224 g/mol. The number of aliphatic hydroxyl groups is 1. The van der Waals surface area contributed by atoms with E-state index in [0.29, 0.717) is 18.1 Å². The second-order valence-corrected chi connectivity index (χ2v) is 7.64. The Labute approximate surface area is 112 Å². The fourth-order valence-corrected chi connectivity index (χ4v) is 3.81. The lowest BCUT2D eigenvalue weighted by atomic mass is 9.62. The molecule has 1 aliphatic carbocycles. The Hall–Kier alpha value is -0.0800. The lowest BCUT2D eigenvalue weighted by Crippen LogP contribution is -2.37. The van der Waals surface area contributed by atoms with E-state index in [4.69, 9.17) is 4.74 Å². The molecule has 1 N–H and O–H groups in total. The van der Waals surface area contributed by atoms with Gasteiger partial charge in [-0.25, -0.2) is 0 Å². The second-order valence-electron chi connectivity index (χ2n) is 7.64. The van der Waals surface area contributed by atoms with Crippen LogP contribution >= 0.6 is 0 Å². The molecule has 0 amide bonds. The van der Waals surface area contributed by atoms with Crippen molar-refractivity contribution in [2.45, 2.75) is 71.8 Å². The number of aliphatic hydroxyl groups excluding tert-OH is 1. The molecule has 1 atom stereocenters. The van der Waals surface area contributed by atoms with Crippen LogP contribution in [0.3, 0.4) is 0 Å². The maximum absolute atomic E-state index is 9.84. The number of rotatable bonds is 3. The van der Waals surface area contributed by atoms with E-state index in [0.717, 1.165) is 18.9 Å². The second kappa shape index (κ2) is 5.50. The molecule has 0 bridgehead atoms. The van der Waals surface area contributed by atoms with Crippen LogP contribution in [0.25, 0.3) is 0 Å². The lowest BCUT2D eigenvalue weighted by molar-refractivity contribution is -0.0121. The van der Waals surface area contributed by atoms with Crippen LogP contribution in [0.2, 0.25) is 0 Å². The van der Waals surface area contributed by atoms with Crippen LogP contribution in [0, 0.1) is 16.7 Å². The monoisotopic (exact) mass is 254 g/mol. The molecule has 1 saturated heterocycles. The Balaban J connectivity index is 1.90. The Morgan fingerprint density at radius 2 is 1.83 bits per heavy atom. The van der Waals surface area contributed by atoms with Gasteiger partial charge in [0.1, 0.15) is 0 Å². The topological polar surface area (TPSA) is 29.5 Å². The Bertz CT molecular complexity index is 253. The summed E-state index contributed by atoms with van der Waals surface area (Å²) in [4.78, 5) is 0. The normalized spacial score (nSPS) is 38.0. The third kappa shape index (κ3) is 3.27. The predicted octanol–water partition coefficient (Wildman–Crippen LogP) is 3.77. The van der Waals surface area contributed by atoms with Crippen molar-refractivity contribution in [1.82, 2.24) is 0 Å². The van der Waals surface area contributed by atoms with Gasteiger partial charge in [-0.2, -0.15) is 0 Å². The smallest absolute Gasteiger partial charge is 0.0582 e. The highest BCUT2D eigenvalue weighted by Crippen LogP contribution is 2.48. The molecule has 1 aliphatic heterocycles. The van der Waals surface area contributed by atoms with Crippen molar-refractivity contribution < 1.29 is 9.84 Å². The van der Waals surface area contributed by atoms with E-state index in [1.165, 1.54) is 38.5 Å². The predicted molar refractivity (Wildman–Crippen MR) is 74.5 cm³/mol. The summed E-state index contributed by atoms with van der Waals surface area (Å²) in [5.41, 5.74) is 0.586. The molecule has 2 fully saturated rings. The first-order valence-electron chi connectivity index (χ1n) is 7.68. The van der Waals surface area contributed by atoms with Gasteiger partial charge in [-0.15, -0.1) is 0 Å². The van der Waals surface area contributed by atoms with Gasteiger partial charge in [-0.1, -0.05) is 20.8 Å². The zero-order valence-electron chi connectivity index (χ0n) is 12.4. The number of ether oxygens (including phenoxy) is 1. The minimum absolute atomic E-state index is 0.163. The molecule has 1 unspecified atom stereocenters. The Morgan fingerprint density at radius 1 is 1.17 bits per heavy atom. The highest BCUT2D eigenvalue weighted by Gasteiger charge is 2.40. The van der Waals surface area contributed by atoms with Gasteiger partial charge in [0.05, 0.1) is 6.10 Å². The van der Waals surface area contributed by atoms with Crippen molar-refractivity contribution in [2.24, 2.45) is 16.7 Å². The third-order valence-corrected chi connectivity index (χ3v) is 5.29.